The van der Waals surface area contributed by atoms with Gasteiger partial charge < -0.3 is 20.6 Å². The smallest absolute Gasteiger partial charge is 0.315 e. The van der Waals surface area contributed by atoms with Crippen molar-refractivity contribution in [1.82, 2.24) is 10.6 Å². The van der Waals surface area contributed by atoms with Gasteiger partial charge in [-0.3, -0.25) is 0 Å². The fraction of sp³-hybridized carbons (Fsp3) is 0.526. The Hall–Kier alpha value is -2.01. The normalized spacial score (nSPS) is 15.7. The quantitative estimate of drug-likeness (QED) is 0.532. The summed E-state index contributed by atoms with van der Waals surface area (Å²) in [5.74, 6) is 0.455. The molecule has 2 rings (SSSR count). The second-order valence-electron chi connectivity index (χ2n) is 6.25. The van der Waals surface area contributed by atoms with Gasteiger partial charge in [0, 0.05) is 38.5 Å². The zero-order valence-corrected chi connectivity index (χ0v) is 14.5. The molecular weight excluding hydrogens is 302 g/mol. The molecule has 0 saturated carbocycles. The largest absolute Gasteiger partial charge is 0.396 e. The molecule has 3 N–H and O–H groups in total. The van der Waals surface area contributed by atoms with Gasteiger partial charge in [0.1, 0.15) is 0 Å². The first-order valence-electron chi connectivity index (χ1n) is 8.80. The van der Waals surface area contributed by atoms with Gasteiger partial charge in [-0.2, -0.15) is 0 Å². The number of benzene rings is 1. The Morgan fingerprint density at radius 2 is 1.96 bits per heavy atom. The van der Waals surface area contributed by atoms with Crippen LogP contribution < -0.4 is 15.5 Å². The molecule has 1 aliphatic heterocycles. The molecule has 1 aromatic carbocycles. The lowest BCUT2D eigenvalue weighted by Gasteiger charge is -2.33. The van der Waals surface area contributed by atoms with Crippen molar-refractivity contribution < 1.29 is 9.90 Å². The van der Waals surface area contributed by atoms with Crippen LogP contribution in [0, 0.1) is 5.92 Å². The third-order valence-corrected chi connectivity index (χ3v) is 4.46. The molecule has 1 fully saturated rings. The van der Waals surface area contributed by atoms with E-state index in [1.165, 1.54) is 5.69 Å². The van der Waals surface area contributed by atoms with Crippen LogP contribution in [-0.4, -0.2) is 37.4 Å². The van der Waals surface area contributed by atoms with E-state index in [1.54, 1.807) is 0 Å². The summed E-state index contributed by atoms with van der Waals surface area (Å²) >= 11 is 0. The monoisotopic (exact) mass is 331 g/mol. The standard InChI is InChI=1S/C19H29N3O2/c1-2-3-4-11-20-19(24)21-14-16-5-7-18(8-6-16)22-12-9-17(15-23)10-13-22/h2-3,5-8,17,23H,4,9-15H2,1H3,(H2,20,21,24)/b3-2+. The number of piperidine rings is 1. The maximum absolute atomic E-state index is 11.7. The van der Waals surface area contributed by atoms with E-state index in [1.807, 2.05) is 19.1 Å². The van der Waals surface area contributed by atoms with Gasteiger partial charge >= 0.3 is 6.03 Å². The molecule has 1 aromatic rings. The predicted octanol–water partition coefficient (Wildman–Crippen LogP) is 2.66. The van der Waals surface area contributed by atoms with Crippen molar-refractivity contribution in [2.24, 2.45) is 5.92 Å². The minimum atomic E-state index is -0.130. The van der Waals surface area contributed by atoms with Crippen molar-refractivity contribution in [2.75, 3.05) is 31.1 Å². The minimum Gasteiger partial charge on any atom is -0.396 e. The molecule has 1 aliphatic rings. The van der Waals surface area contributed by atoms with Crippen LogP contribution in [0.2, 0.25) is 0 Å². The molecule has 0 unspecified atom stereocenters. The van der Waals surface area contributed by atoms with Gasteiger partial charge in [0.2, 0.25) is 0 Å². The molecule has 1 saturated heterocycles. The lowest BCUT2D eigenvalue weighted by molar-refractivity contribution is 0.203. The summed E-state index contributed by atoms with van der Waals surface area (Å²) in [6.07, 6.45) is 6.96. The number of nitrogens with one attached hydrogen (secondary N) is 2. The van der Waals surface area contributed by atoms with Crippen LogP contribution in [0.1, 0.15) is 31.7 Å². The van der Waals surface area contributed by atoms with Crippen molar-refractivity contribution in [2.45, 2.75) is 32.7 Å². The van der Waals surface area contributed by atoms with Gasteiger partial charge in [-0.05, 0) is 49.8 Å². The van der Waals surface area contributed by atoms with Crippen LogP contribution in [0.5, 0.6) is 0 Å². The molecule has 0 spiro atoms. The van der Waals surface area contributed by atoms with E-state index in [0.717, 1.165) is 37.9 Å². The van der Waals surface area contributed by atoms with Gasteiger partial charge in [-0.25, -0.2) is 4.79 Å². The van der Waals surface area contributed by atoms with E-state index in [2.05, 4.69) is 39.8 Å². The Balaban J connectivity index is 1.73. The summed E-state index contributed by atoms with van der Waals surface area (Å²) in [5.41, 5.74) is 2.30. The molecule has 1 heterocycles. The molecule has 5 nitrogen and oxygen atoms in total. The first-order valence-corrected chi connectivity index (χ1v) is 8.80. The predicted molar refractivity (Wildman–Crippen MR) is 98.1 cm³/mol. The number of nitrogens with zero attached hydrogens (tertiary/aromatic N) is 1. The highest BCUT2D eigenvalue weighted by molar-refractivity contribution is 5.73. The number of carbonyl (C=O) groups excluding carboxylic acids is 1. The number of aliphatic hydroxyl groups is 1. The van der Waals surface area contributed by atoms with E-state index >= 15 is 0 Å². The first-order chi connectivity index (χ1) is 11.7. The Labute approximate surface area is 144 Å². The molecular formula is C19H29N3O2. The second-order valence-corrected chi connectivity index (χ2v) is 6.25. The average Bonchev–Trinajstić information content (AvgIpc) is 2.64. The van der Waals surface area contributed by atoms with E-state index in [4.69, 9.17) is 0 Å². The van der Waals surface area contributed by atoms with Gasteiger partial charge in [-0.1, -0.05) is 24.3 Å². The van der Waals surface area contributed by atoms with Crippen LogP contribution in [0.3, 0.4) is 0 Å². The van der Waals surface area contributed by atoms with Crippen molar-refractivity contribution in [3.8, 4) is 0 Å². The zero-order valence-electron chi connectivity index (χ0n) is 14.5. The van der Waals surface area contributed by atoms with Crippen molar-refractivity contribution in [3.63, 3.8) is 0 Å². The number of urea groups is 1. The van der Waals surface area contributed by atoms with Gasteiger partial charge in [0.15, 0.2) is 0 Å². The highest BCUT2D eigenvalue weighted by Gasteiger charge is 2.18. The van der Waals surface area contributed by atoms with E-state index < -0.39 is 0 Å². The number of carbonyl (C=O) groups is 1. The van der Waals surface area contributed by atoms with Crippen LogP contribution in [0.15, 0.2) is 36.4 Å². The fourth-order valence-corrected chi connectivity index (χ4v) is 2.88. The summed E-state index contributed by atoms with van der Waals surface area (Å²) in [4.78, 5) is 14.0. The van der Waals surface area contributed by atoms with Crippen LogP contribution in [0.25, 0.3) is 0 Å². The molecule has 0 aromatic heterocycles. The van der Waals surface area contributed by atoms with E-state index in [9.17, 15) is 9.90 Å². The summed E-state index contributed by atoms with van der Waals surface area (Å²) < 4.78 is 0. The number of allylic oxidation sites excluding steroid dienone is 1. The fourth-order valence-electron chi connectivity index (χ4n) is 2.88. The average molecular weight is 331 g/mol. The number of hydrogen-bond donors (Lipinski definition) is 3. The highest BCUT2D eigenvalue weighted by atomic mass is 16.3. The molecule has 0 bridgehead atoms. The molecule has 132 valence electrons. The SMILES string of the molecule is C/C=C/CCNC(=O)NCc1ccc(N2CCC(CO)CC2)cc1. The highest BCUT2D eigenvalue weighted by Crippen LogP contribution is 2.23. The number of aliphatic hydroxyl groups excluding tert-OH is 1. The number of rotatable bonds is 7. The summed E-state index contributed by atoms with van der Waals surface area (Å²) in [5, 5.41) is 14.9. The molecule has 0 atom stereocenters. The van der Waals surface area contributed by atoms with Crippen LogP contribution >= 0.6 is 0 Å². The molecule has 5 heteroatoms. The van der Waals surface area contributed by atoms with Crippen molar-refractivity contribution in [3.05, 3.63) is 42.0 Å². The van der Waals surface area contributed by atoms with Gasteiger partial charge in [0.25, 0.3) is 0 Å². The molecule has 24 heavy (non-hydrogen) atoms. The second kappa shape index (κ2) is 9.98. The van der Waals surface area contributed by atoms with E-state index in [-0.39, 0.29) is 6.03 Å². The van der Waals surface area contributed by atoms with Crippen LogP contribution in [-0.2, 0) is 6.54 Å². The number of anilines is 1. The number of amides is 2. The Morgan fingerprint density at radius 3 is 2.58 bits per heavy atom. The van der Waals surface area contributed by atoms with Crippen molar-refractivity contribution >= 4 is 11.7 Å². The van der Waals surface area contributed by atoms with Gasteiger partial charge in [0.05, 0.1) is 0 Å². The zero-order chi connectivity index (χ0) is 17.2. The van der Waals surface area contributed by atoms with Crippen molar-refractivity contribution in [1.29, 1.82) is 0 Å². The summed E-state index contributed by atoms with van der Waals surface area (Å²) in [6, 6.07) is 8.22. The molecule has 0 radical (unpaired) electrons. The lowest BCUT2D eigenvalue weighted by atomic mass is 9.97. The first kappa shape index (κ1) is 18.3. The summed E-state index contributed by atoms with van der Waals surface area (Å²) in [7, 11) is 0. The molecule has 0 aliphatic carbocycles. The minimum absolute atomic E-state index is 0.130. The maximum Gasteiger partial charge on any atom is 0.315 e. The summed E-state index contributed by atoms with van der Waals surface area (Å²) in [6.45, 7) is 5.45. The number of hydrogen-bond acceptors (Lipinski definition) is 3. The third kappa shape index (κ3) is 5.89. The third-order valence-electron chi connectivity index (χ3n) is 4.46. The maximum atomic E-state index is 11.7. The Morgan fingerprint density at radius 1 is 1.25 bits per heavy atom. The van der Waals surface area contributed by atoms with Gasteiger partial charge in [-0.15, -0.1) is 0 Å². The Kier molecular flexibility index (Phi) is 7.62. The lowest BCUT2D eigenvalue weighted by Crippen LogP contribution is -2.35. The van der Waals surface area contributed by atoms with E-state index in [0.29, 0.717) is 25.6 Å². The van der Waals surface area contributed by atoms with Crippen LogP contribution in [0.4, 0.5) is 10.5 Å². The topological polar surface area (TPSA) is 64.6 Å². The Bertz CT molecular complexity index is 520. The molecule has 2 amide bonds.